The first-order valence-corrected chi connectivity index (χ1v) is 9.40. The fourth-order valence-electron chi connectivity index (χ4n) is 4.04. The quantitative estimate of drug-likeness (QED) is 0.891. The summed E-state index contributed by atoms with van der Waals surface area (Å²) < 4.78 is 5.64. The molecule has 3 rings (SSSR count). The van der Waals surface area contributed by atoms with Crippen molar-refractivity contribution in [3.8, 4) is 0 Å². The Morgan fingerprint density at radius 3 is 2.60 bits per heavy atom. The highest BCUT2D eigenvalue weighted by Gasteiger charge is 2.38. The Morgan fingerprint density at radius 2 is 1.96 bits per heavy atom. The van der Waals surface area contributed by atoms with Gasteiger partial charge in [-0.3, -0.25) is 14.9 Å². The zero-order valence-electron chi connectivity index (χ0n) is 15.6. The van der Waals surface area contributed by atoms with Crippen LogP contribution in [0, 0.1) is 11.8 Å². The Balaban J connectivity index is 1.77. The molecule has 138 valence electrons. The number of nitrogens with zero attached hydrogens (tertiary/aromatic N) is 3. The summed E-state index contributed by atoms with van der Waals surface area (Å²) in [4.78, 5) is 23.3. The number of hydrogen-bond acceptors (Lipinski definition) is 5. The SMILES string of the molecule is CC(C)(C)OC(=O)N1CCC(C2CCNCC2)C[C@@H]1c1cnccn1. The summed E-state index contributed by atoms with van der Waals surface area (Å²) >= 11 is 0. The largest absolute Gasteiger partial charge is 0.444 e. The topological polar surface area (TPSA) is 67.3 Å². The maximum absolute atomic E-state index is 12.7. The predicted octanol–water partition coefficient (Wildman–Crippen LogP) is 3.16. The van der Waals surface area contributed by atoms with E-state index in [2.05, 4.69) is 15.3 Å². The van der Waals surface area contributed by atoms with Crippen molar-refractivity contribution >= 4 is 6.09 Å². The van der Waals surface area contributed by atoms with Crippen molar-refractivity contribution < 1.29 is 9.53 Å². The number of carbonyl (C=O) groups is 1. The Kier molecular flexibility index (Phi) is 5.57. The van der Waals surface area contributed by atoms with Gasteiger partial charge in [0.1, 0.15) is 5.60 Å². The van der Waals surface area contributed by atoms with E-state index in [0.29, 0.717) is 5.92 Å². The number of likely N-dealkylation sites (tertiary alicyclic amines) is 1. The van der Waals surface area contributed by atoms with E-state index in [9.17, 15) is 4.79 Å². The van der Waals surface area contributed by atoms with Crippen LogP contribution in [0.25, 0.3) is 0 Å². The number of aromatic nitrogens is 2. The van der Waals surface area contributed by atoms with Gasteiger partial charge in [0.05, 0.1) is 17.9 Å². The highest BCUT2D eigenvalue weighted by atomic mass is 16.6. The zero-order valence-corrected chi connectivity index (χ0v) is 15.6. The molecule has 2 fully saturated rings. The second-order valence-electron chi connectivity index (χ2n) is 8.19. The molecule has 1 unspecified atom stereocenters. The third kappa shape index (κ3) is 4.69. The van der Waals surface area contributed by atoms with Crippen molar-refractivity contribution in [2.24, 2.45) is 11.8 Å². The molecule has 0 radical (unpaired) electrons. The summed E-state index contributed by atoms with van der Waals surface area (Å²) in [5.74, 6) is 1.37. The maximum Gasteiger partial charge on any atom is 0.410 e. The van der Waals surface area contributed by atoms with Crippen LogP contribution in [-0.4, -0.2) is 46.2 Å². The Morgan fingerprint density at radius 1 is 1.20 bits per heavy atom. The highest BCUT2D eigenvalue weighted by Crippen LogP contribution is 2.39. The second kappa shape index (κ2) is 7.68. The minimum atomic E-state index is -0.490. The smallest absolute Gasteiger partial charge is 0.410 e. The van der Waals surface area contributed by atoms with Crippen molar-refractivity contribution in [1.82, 2.24) is 20.2 Å². The molecule has 6 heteroatoms. The van der Waals surface area contributed by atoms with E-state index >= 15 is 0 Å². The molecule has 2 aliphatic heterocycles. The van der Waals surface area contributed by atoms with Gasteiger partial charge < -0.3 is 10.1 Å². The molecule has 2 atom stereocenters. The monoisotopic (exact) mass is 346 g/mol. The van der Waals surface area contributed by atoms with Crippen LogP contribution in [0.3, 0.4) is 0 Å². The van der Waals surface area contributed by atoms with Gasteiger partial charge in [-0.25, -0.2) is 4.79 Å². The van der Waals surface area contributed by atoms with Crippen molar-refractivity contribution in [2.45, 2.75) is 58.1 Å². The summed E-state index contributed by atoms with van der Waals surface area (Å²) in [5, 5.41) is 3.44. The van der Waals surface area contributed by atoms with Gasteiger partial charge in [-0.2, -0.15) is 0 Å². The average Bonchev–Trinajstić information content (AvgIpc) is 2.61. The molecule has 1 amide bonds. The van der Waals surface area contributed by atoms with Gasteiger partial charge >= 0.3 is 6.09 Å². The summed E-state index contributed by atoms with van der Waals surface area (Å²) in [6.45, 7) is 8.66. The molecule has 0 aliphatic carbocycles. The molecule has 6 nitrogen and oxygen atoms in total. The summed E-state index contributed by atoms with van der Waals surface area (Å²) in [6, 6.07) is -0.0443. The van der Waals surface area contributed by atoms with Crippen molar-refractivity contribution in [2.75, 3.05) is 19.6 Å². The standard InChI is InChI=1S/C19H30N4O2/c1-19(2,3)25-18(24)23-11-6-15(14-4-7-20-8-5-14)12-17(23)16-13-21-9-10-22-16/h9-10,13-15,17,20H,4-8,11-12H2,1-3H3/t15?,17-/m1/s1. The van der Waals surface area contributed by atoms with Crippen LogP contribution < -0.4 is 5.32 Å². The molecular weight excluding hydrogens is 316 g/mol. The fourth-order valence-corrected chi connectivity index (χ4v) is 4.04. The molecule has 3 heterocycles. The first-order chi connectivity index (χ1) is 11.9. The number of ether oxygens (including phenoxy) is 1. The third-order valence-electron chi connectivity index (χ3n) is 5.25. The summed E-state index contributed by atoms with van der Waals surface area (Å²) in [6.07, 6.45) is 9.36. The normalized spacial score (nSPS) is 25.6. The molecule has 0 spiro atoms. The van der Waals surface area contributed by atoms with E-state index in [4.69, 9.17) is 4.74 Å². The Labute approximate surface area is 150 Å². The number of nitrogens with one attached hydrogen (secondary N) is 1. The molecule has 0 aromatic carbocycles. The predicted molar refractivity (Wildman–Crippen MR) is 96.0 cm³/mol. The van der Waals surface area contributed by atoms with E-state index in [1.807, 2.05) is 25.7 Å². The van der Waals surface area contributed by atoms with Gasteiger partial charge in [-0.15, -0.1) is 0 Å². The molecule has 2 aliphatic rings. The lowest BCUT2D eigenvalue weighted by Crippen LogP contribution is -2.46. The van der Waals surface area contributed by atoms with Crippen LogP contribution in [0.15, 0.2) is 18.6 Å². The average molecular weight is 346 g/mol. The number of amides is 1. The van der Waals surface area contributed by atoms with Gasteiger partial charge in [0.25, 0.3) is 0 Å². The van der Waals surface area contributed by atoms with Crippen LogP contribution in [0.5, 0.6) is 0 Å². The van der Waals surface area contributed by atoms with E-state index in [1.54, 1.807) is 18.6 Å². The van der Waals surface area contributed by atoms with Crippen molar-refractivity contribution in [3.05, 3.63) is 24.3 Å². The van der Waals surface area contributed by atoms with Crippen molar-refractivity contribution in [1.29, 1.82) is 0 Å². The Hall–Kier alpha value is -1.69. The minimum absolute atomic E-state index is 0.0443. The molecular formula is C19H30N4O2. The van der Waals surface area contributed by atoms with Crippen LogP contribution in [0.4, 0.5) is 4.79 Å². The van der Waals surface area contributed by atoms with Crippen LogP contribution in [-0.2, 0) is 4.74 Å². The number of carbonyl (C=O) groups excluding carboxylic acids is 1. The minimum Gasteiger partial charge on any atom is -0.444 e. The van der Waals surface area contributed by atoms with Gasteiger partial charge in [0, 0.05) is 18.9 Å². The van der Waals surface area contributed by atoms with Crippen LogP contribution in [0.1, 0.15) is 58.2 Å². The van der Waals surface area contributed by atoms with Gasteiger partial charge in [-0.1, -0.05) is 0 Å². The third-order valence-corrected chi connectivity index (χ3v) is 5.25. The Bertz CT molecular complexity index is 567. The van der Waals surface area contributed by atoms with Crippen molar-refractivity contribution in [3.63, 3.8) is 0 Å². The molecule has 1 aromatic rings. The number of rotatable bonds is 2. The lowest BCUT2D eigenvalue weighted by molar-refractivity contribution is -0.00184. The highest BCUT2D eigenvalue weighted by molar-refractivity contribution is 5.69. The summed E-state index contributed by atoms with van der Waals surface area (Å²) in [7, 11) is 0. The number of piperidine rings is 2. The van der Waals surface area contributed by atoms with Gasteiger partial charge in [-0.05, 0) is 71.4 Å². The molecule has 1 N–H and O–H groups in total. The van der Waals surface area contributed by atoms with E-state index in [-0.39, 0.29) is 12.1 Å². The first kappa shape index (κ1) is 18.1. The van der Waals surface area contributed by atoms with E-state index < -0.39 is 5.60 Å². The lowest BCUT2D eigenvalue weighted by atomic mass is 9.76. The molecule has 1 aromatic heterocycles. The van der Waals surface area contributed by atoms with E-state index in [1.165, 1.54) is 12.8 Å². The fraction of sp³-hybridized carbons (Fsp3) is 0.737. The molecule has 0 bridgehead atoms. The second-order valence-corrected chi connectivity index (χ2v) is 8.19. The lowest BCUT2D eigenvalue weighted by Gasteiger charge is -2.42. The van der Waals surface area contributed by atoms with E-state index in [0.717, 1.165) is 44.1 Å². The number of hydrogen-bond donors (Lipinski definition) is 1. The molecule has 25 heavy (non-hydrogen) atoms. The van der Waals surface area contributed by atoms with Gasteiger partial charge in [0.2, 0.25) is 0 Å². The van der Waals surface area contributed by atoms with Crippen LogP contribution >= 0.6 is 0 Å². The van der Waals surface area contributed by atoms with Crippen LogP contribution in [0.2, 0.25) is 0 Å². The summed E-state index contributed by atoms with van der Waals surface area (Å²) in [5.41, 5.74) is 0.377. The molecule has 0 saturated carbocycles. The maximum atomic E-state index is 12.7. The first-order valence-electron chi connectivity index (χ1n) is 9.40. The van der Waals surface area contributed by atoms with Gasteiger partial charge in [0.15, 0.2) is 0 Å². The molecule has 2 saturated heterocycles. The zero-order chi connectivity index (χ0) is 17.9.